The van der Waals surface area contributed by atoms with E-state index in [0.29, 0.717) is 36.2 Å². The van der Waals surface area contributed by atoms with E-state index < -0.39 is 20.3 Å². The Kier molecular flexibility index (Phi) is 7.76. The highest BCUT2D eigenvalue weighted by atomic mass is 28.4. The fourth-order valence-corrected chi connectivity index (χ4v) is 10.4. The summed E-state index contributed by atoms with van der Waals surface area (Å²) in [5.74, 6) is 1.05. The molecule has 0 amide bonds. The first-order chi connectivity index (χ1) is 16.9. The van der Waals surface area contributed by atoms with Crippen LogP contribution in [-0.2, 0) is 9.22 Å². The molecule has 8 atom stereocenters. The Morgan fingerprint density at radius 2 is 1.76 bits per heavy atom. The molecule has 0 N–H and O–H groups in total. The van der Waals surface area contributed by atoms with Crippen LogP contribution in [0.2, 0.25) is 18.1 Å². The molecular formula is C31H51F3O2Si. The molecule has 37 heavy (non-hydrogen) atoms. The molecule has 0 radical (unpaired) electrons. The molecule has 4 rings (SSSR count). The predicted molar refractivity (Wildman–Crippen MR) is 147 cm³/mol. The molecule has 0 aromatic rings. The molecule has 2 nitrogen and oxygen atoms in total. The molecule has 0 heterocycles. The summed E-state index contributed by atoms with van der Waals surface area (Å²) in [4.78, 5) is 11.5. The third-order valence-corrected chi connectivity index (χ3v) is 16.8. The number of allylic oxidation sites excluding steroid dienone is 1. The molecule has 3 fully saturated rings. The lowest BCUT2D eigenvalue weighted by molar-refractivity contribution is -0.171. The maximum Gasteiger partial charge on any atom is 0.449 e. The van der Waals surface area contributed by atoms with Crippen molar-refractivity contribution in [2.45, 2.75) is 136 Å². The first-order valence-electron chi connectivity index (χ1n) is 14.9. The van der Waals surface area contributed by atoms with Gasteiger partial charge in [-0.25, -0.2) is 0 Å². The molecular weight excluding hydrogens is 489 g/mol. The highest BCUT2D eigenvalue weighted by Gasteiger charge is 2.59. The number of Topliss-reactive ketones (excluding diaryl/α,β-unsaturated/α-hetero) is 1. The van der Waals surface area contributed by atoms with Gasteiger partial charge in [0.2, 0.25) is 5.78 Å². The molecule has 0 aliphatic heterocycles. The predicted octanol–water partition coefficient (Wildman–Crippen LogP) is 9.50. The van der Waals surface area contributed by atoms with E-state index in [1.807, 2.05) is 0 Å². The fourth-order valence-electron chi connectivity index (χ4n) is 9.00. The summed E-state index contributed by atoms with van der Waals surface area (Å²) in [7, 11) is -1.79. The maximum absolute atomic E-state index is 12.8. The number of carbonyl (C=O) groups excluding carboxylic acids is 1. The number of alkyl halides is 3. The average Bonchev–Trinajstić information content (AvgIpc) is 3.13. The van der Waals surface area contributed by atoms with Crippen LogP contribution in [0.25, 0.3) is 0 Å². The van der Waals surface area contributed by atoms with Gasteiger partial charge in [-0.15, -0.1) is 0 Å². The third-order valence-electron chi connectivity index (χ3n) is 12.2. The van der Waals surface area contributed by atoms with Gasteiger partial charge < -0.3 is 4.43 Å². The van der Waals surface area contributed by atoms with Crippen LogP contribution in [0.3, 0.4) is 0 Å². The maximum atomic E-state index is 12.8. The summed E-state index contributed by atoms with van der Waals surface area (Å²) >= 11 is 0. The van der Waals surface area contributed by atoms with Crippen LogP contribution in [0.4, 0.5) is 13.2 Å². The number of fused-ring (bicyclic) bond motifs is 5. The van der Waals surface area contributed by atoms with Crippen molar-refractivity contribution in [3.05, 3.63) is 11.6 Å². The summed E-state index contributed by atoms with van der Waals surface area (Å²) in [6.45, 7) is 18.7. The Morgan fingerprint density at radius 3 is 2.38 bits per heavy atom. The minimum Gasteiger partial charge on any atom is -0.414 e. The van der Waals surface area contributed by atoms with Crippen molar-refractivity contribution in [1.29, 1.82) is 0 Å². The van der Waals surface area contributed by atoms with Gasteiger partial charge in [-0.1, -0.05) is 53.2 Å². The van der Waals surface area contributed by atoms with E-state index in [1.54, 1.807) is 5.57 Å². The molecule has 0 saturated heterocycles. The zero-order valence-corrected chi connectivity index (χ0v) is 25.6. The topological polar surface area (TPSA) is 26.3 Å². The van der Waals surface area contributed by atoms with Gasteiger partial charge in [0, 0.05) is 12.5 Å². The average molecular weight is 541 g/mol. The second-order valence-electron chi connectivity index (χ2n) is 15.2. The van der Waals surface area contributed by atoms with Crippen LogP contribution in [0.1, 0.15) is 106 Å². The molecule has 0 spiro atoms. The lowest BCUT2D eigenvalue weighted by atomic mass is 9.47. The second-order valence-corrected chi connectivity index (χ2v) is 19.9. The number of hydrogen-bond acceptors (Lipinski definition) is 2. The van der Waals surface area contributed by atoms with Gasteiger partial charge in [-0.3, -0.25) is 4.79 Å². The lowest BCUT2D eigenvalue weighted by Crippen LogP contribution is -2.52. The third kappa shape index (κ3) is 5.28. The first-order valence-corrected chi connectivity index (χ1v) is 17.8. The molecule has 4 aliphatic carbocycles. The molecule has 6 heteroatoms. The molecule has 8 unspecified atom stereocenters. The SMILES string of the molecule is CC(CCC(=O)C(F)(F)F)C1CCC2C3CC=C4CC(O[Si](C)(C)C(C)(C)C)CCC4(C)C3CCC12C. The minimum atomic E-state index is -4.70. The number of rotatable bonds is 6. The van der Waals surface area contributed by atoms with Crippen LogP contribution in [0.15, 0.2) is 11.6 Å². The standard InChI is InChI=1S/C31H51F3O2Si/c1-20(9-14-27(35)31(32,33)34)24-12-13-25-23-11-10-21-19-22(36-37(7,8)28(2,3)4)15-17-29(21,5)26(23)16-18-30(24,25)6/h10,20,22-26H,9,11-19H2,1-8H3. The summed E-state index contributed by atoms with van der Waals surface area (Å²) in [6, 6.07) is 0. The van der Waals surface area contributed by atoms with E-state index in [0.717, 1.165) is 25.7 Å². The van der Waals surface area contributed by atoms with Crippen LogP contribution < -0.4 is 0 Å². The van der Waals surface area contributed by atoms with Gasteiger partial charge in [-0.2, -0.15) is 13.2 Å². The van der Waals surface area contributed by atoms with Gasteiger partial charge in [0.05, 0.1) is 0 Å². The van der Waals surface area contributed by atoms with Crippen molar-refractivity contribution in [3.8, 4) is 0 Å². The Labute approximate surface area is 224 Å². The van der Waals surface area contributed by atoms with Gasteiger partial charge in [-0.05, 0) is 116 Å². The Bertz CT molecular complexity index is 903. The monoisotopic (exact) mass is 540 g/mol. The van der Waals surface area contributed by atoms with Crippen molar-refractivity contribution in [2.75, 3.05) is 0 Å². The van der Waals surface area contributed by atoms with Gasteiger partial charge >= 0.3 is 6.18 Å². The molecule has 4 aliphatic rings. The van der Waals surface area contributed by atoms with Crippen LogP contribution in [0, 0.1) is 40.4 Å². The van der Waals surface area contributed by atoms with Crippen LogP contribution in [0.5, 0.6) is 0 Å². The fraction of sp³-hybridized carbons (Fsp3) is 0.903. The molecule has 3 saturated carbocycles. The second kappa shape index (κ2) is 9.78. The largest absolute Gasteiger partial charge is 0.449 e. The number of halogens is 3. The van der Waals surface area contributed by atoms with E-state index in [9.17, 15) is 18.0 Å². The summed E-state index contributed by atoms with van der Waals surface area (Å²) < 4.78 is 45.2. The van der Waals surface area contributed by atoms with E-state index in [1.165, 1.54) is 25.7 Å². The quantitative estimate of drug-likeness (QED) is 0.248. The smallest absolute Gasteiger partial charge is 0.414 e. The van der Waals surface area contributed by atoms with Crippen molar-refractivity contribution in [3.63, 3.8) is 0 Å². The summed E-state index contributed by atoms with van der Waals surface area (Å²) in [5.41, 5.74) is 2.09. The Balaban J connectivity index is 1.45. The molecule has 0 aromatic carbocycles. The van der Waals surface area contributed by atoms with E-state index in [-0.39, 0.29) is 28.2 Å². The van der Waals surface area contributed by atoms with E-state index in [2.05, 4.69) is 60.7 Å². The van der Waals surface area contributed by atoms with Crippen molar-refractivity contribution < 1.29 is 22.4 Å². The van der Waals surface area contributed by atoms with Crippen molar-refractivity contribution >= 4 is 14.1 Å². The van der Waals surface area contributed by atoms with Crippen LogP contribution >= 0.6 is 0 Å². The Morgan fingerprint density at radius 1 is 1.08 bits per heavy atom. The van der Waals surface area contributed by atoms with Crippen LogP contribution in [-0.4, -0.2) is 26.4 Å². The Hall–Kier alpha value is -0.623. The number of hydrogen-bond donors (Lipinski definition) is 0. The lowest BCUT2D eigenvalue weighted by Gasteiger charge is -2.59. The van der Waals surface area contributed by atoms with E-state index in [4.69, 9.17) is 4.43 Å². The number of ketones is 1. The summed E-state index contributed by atoms with van der Waals surface area (Å²) in [5, 5.41) is 0.226. The highest BCUT2D eigenvalue weighted by molar-refractivity contribution is 6.74. The zero-order valence-electron chi connectivity index (χ0n) is 24.6. The molecule has 0 aromatic heterocycles. The highest BCUT2D eigenvalue weighted by Crippen LogP contribution is 2.67. The van der Waals surface area contributed by atoms with Gasteiger partial charge in [0.15, 0.2) is 8.32 Å². The number of carbonyl (C=O) groups is 1. The molecule has 212 valence electrons. The minimum absolute atomic E-state index is 0.158. The van der Waals surface area contributed by atoms with Crippen molar-refractivity contribution in [1.82, 2.24) is 0 Å². The summed E-state index contributed by atoms with van der Waals surface area (Å²) in [6.07, 6.45) is 7.51. The normalized spacial score (nSPS) is 39.3. The van der Waals surface area contributed by atoms with Gasteiger partial charge in [0.25, 0.3) is 0 Å². The first kappa shape index (κ1) is 29.4. The van der Waals surface area contributed by atoms with Crippen molar-refractivity contribution in [2.24, 2.45) is 40.4 Å². The van der Waals surface area contributed by atoms with Gasteiger partial charge in [0.1, 0.15) is 0 Å². The molecule has 0 bridgehead atoms. The van der Waals surface area contributed by atoms with E-state index >= 15 is 0 Å². The zero-order chi connectivity index (χ0) is 27.6.